The number of nitrogens with zero attached hydrogens (tertiary/aromatic N) is 2. The first-order valence-corrected chi connectivity index (χ1v) is 8.19. The van der Waals surface area contributed by atoms with Crippen LogP contribution in [0.5, 0.6) is 11.5 Å². The largest absolute Gasteiger partial charge is 0.496 e. The van der Waals surface area contributed by atoms with Crippen molar-refractivity contribution in [3.8, 4) is 34.0 Å². The van der Waals surface area contributed by atoms with Crippen LogP contribution in [0.2, 0.25) is 0 Å². The number of methoxy groups -OCH3 is 2. The molecule has 0 aliphatic carbocycles. The van der Waals surface area contributed by atoms with Gasteiger partial charge in [-0.15, -0.1) is 0 Å². The summed E-state index contributed by atoms with van der Waals surface area (Å²) in [6.45, 7) is 6.01. The maximum Gasteiger partial charge on any atom is 0.128 e. The van der Waals surface area contributed by atoms with Crippen LogP contribution in [0.4, 0.5) is 0 Å². The Morgan fingerprint density at radius 1 is 0.680 bits per heavy atom. The molecule has 0 radical (unpaired) electrons. The van der Waals surface area contributed by atoms with Crippen LogP contribution in [0.1, 0.15) is 17.0 Å². The van der Waals surface area contributed by atoms with Gasteiger partial charge in [0.05, 0.1) is 37.0 Å². The van der Waals surface area contributed by atoms with Crippen molar-refractivity contribution in [3.63, 3.8) is 0 Å². The van der Waals surface area contributed by atoms with Crippen LogP contribution in [0.3, 0.4) is 0 Å². The van der Waals surface area contributed by atoms with Gasteiger partial charge < -0.3 is 9.47 Å². The fraction of sp³-hybridized carbons (Fsp3) is 0.238. The summed E-state index contributed by atoms with van der Waals surface area (Å²) in [6.07, 6.45) is 0. The predicted molar refractivity (Wildman–Crippen MR) is 100 cm³/mol. The number of benzene rings is 2. The highest BCUT2D eigenvalue weighted by Crippen LogP contribution is 2.36. The minimum Gasteiger partial charge on any atom is -0.496 e. The van der Waals surface area contributed by atoms with Crippen LogP contribution in [-0.2, 0) is 0 Å². The standard InChI is InChI=1S/C21H22N2O2/c1-13-9-8-12-18(25-5)19(13)21-15(3)22-20(14(2)23-21)16-10-6-7-11-17(16)24-4/h6-12H,1-5H3. The molecule has 0 N–H and O–H groups in total. The highest BCUT2D eigenvalue weighted by Gasteiger charge is 2.18. The molecule has 0 unspecified atom stereocenters. The minimum atomic E-state index is 0.792. The van der Waals surface area contributed by atoms with E-state index in [0.29, 0.717) is 0 Å². The average Bonchev–Trinajstić information content (AvgIpc) is 2.63. The second-order valence-corrected chi connectivity index (χ2v) is 5.94. The molecule has 3 aromatic rings. The number of rotatable bonds is 4. The Morgan fingerprint density at radius 3 is 2.00 bits per heavy atom. The highest BCUT2D eigenvalue weighted by molar-refractivity contribution is 5.75. The lowest BCUT2D eigenvalue weighted by molar-refractivity contribution is 0.415. The number of hydrogen-bond donors (Lipinski definition) is 0. The second-order valence-electron chi connectivity index (χ2n) is 5.94. The monoisotopic (exact) mass is 334 g/mol. The molecule has 25 heavy (non-hydrogen) atoms. The number of aryl methyl sites for hydroxylation is 3. The normalized spacial score (nSPS) is 10.6. The van der Waals surface area contributed by atoms with E-state index in [-0.39, 0.29) is 0 Å². The summed E-state index contributed by atoms with van der Waals surface area (Å²) < 4.78 is 11.0. The van der Waals surface area contributed by atoms with Crippen LogP contribution in [0, 0.1) is 20.8 Å². The molecule has 0 bridgehead atoms. The number of para-hydroxylation sites is 1. The molecule has 128 valence electrons. The van der Waals surface area contributed by atoms with Crippen LogP contribution >= 0.6 is 0 Å². The molecule has 0 saturated heterocycles. The van der Waals surface area contributed by atoms with Crippen LogP contribution < -0.4 is 9.47 Å². The Kier molecular flexibility index (Phi) is 4.70. The van der Waals surface area contributed by atoms with E-state index in [1.165, 1.54) is 0 Å². The van der Waals surface area contributed by atoms with Gasteiger partial charge in [0.1, 0.15) is 11.5 Å². The fourth-order valence-corrected chi connectivity index (χ4v) is 3.05. The van der Waals surface area contributed by atoms with Crippen molar-refractivity contribution in [3.05, 3.63) is 59.4 Å². The van der Waals surface area contributed by atoms with Gasteiger partial charge in [0, 0.05) is 11.1 Å². The Labute approximate surface area is 148 Å². The van der Waals surface area contributed by atoms with Gasteiger partial charge in [-0.2, -0.15) is 0 Å². The van der Waals surface area contributed by atoms with Crippen LogP contribution in [-0.4, -0.2) is 24.2 Å². The molecule has 3 rings (SSSR count). The quantitative estimate of drug-likeness (QED) is 0.690. The number of aromatic nitrogens is 2. The van der Waals surface area contributed by atoms with Crippen LogP contribution in [0.15, 0.2) is 42.5 Å². The van der Waals surface area contributed by atoms with Gasteiger partial charge in [-0.25, -0.2) is 9.97 Å². The van der Waals surface area contributed by atoms with E-state index >= 15 is 0 Å². The lowest BCUT2D eigenvalue weighted by atomic mass is 10.0. The predicted octanol–water partition coefficient (Wildman–Crippen LogP) is 4.75. The first kappa shape index (κ1) is 17.0. The zero-order valence-electron chi connectivity index (χ0n) is 15.3. The van der Waals surface area contributed by atoms with Gasteiger partial charge in [-0.05, 0) is 44.5 Å². The van der Waals surface area contributed by atoms with Gasteiger partial charge in [-0.3, -0.25) is 0 Å². The van der Waals surface area contributed by atoms with E-state index in [1.807, 2.05) is 50.2 Å². The van der Waals surface area contributed by atoms with Crippen molar-refractivity contribution in [2.45, 2.75) is 20.8 Å². The Morgan fingerprint density at radius 2 is 1.28 bits per heavy atom. The molecule has 0 aliphatic heterocycles. The number of ether oxygens (including phenoxy) is 2. The van der Waals surface area contributed by atoms with E-state index < -0.39 is 0 Å². The molecule has 0 spiro atoms. The van der Waals surface area contributed by atoms with Gasteiger partial charge >= 0.3 is 0 Å². The molecule has 0 saturated carbocycles. The molecule has 1 aromatic heterocycles. The highest BCUT2D eigenvalue weighted by atomic mass is 16.5. The van der Waals surface area contributed by atoms with Crippen molar-refractivity contribution < 1.29 is 9.47 Å². The average molecular weight is 334 g/mol. The van der Waals surface area contributed by atoms with Crippen molar-refractivity contribution in [1.82, 2.24) is 9.97 Å². The second kappa shape index (κ2) is 6.93. The van der Waals surface area contributed by atoms with Gasteiger partial charge in [-0.1, -0.05) is 24.3 Å². The summed E-state index contributed by atoms with van der Waals surface area (Å²) in [5.74, 6) is 1.60. The minimum absolute atomic E-state index is 0.792. The van der Waals surface area contributed by atoms with Gasteiger partial charge in [0.25, 0.3) is 0 Å². The molecule has 2 aromatic carbocycles. The lowest BCUT2D eigenvalue weighted by Crippen LogP contribution is -2.02. The summed E-state index contributed by atoms with van der Waals surface area (Å²) in [5.41, 5.74) is 6.46. The molecule has 4 nitrogen and oxygen atoms in total. The first-order valence-electron chi connectivity index (χ1n) is 8.19. The molecule has 0 atom stereocenters. The zero-order chi connectivity index (χ0) is 18.0. The van der Waals surface area contributed by atoms with Gasteiger partial charge in [0.15, 0.2) is 0 Å². The fourth-order valence-electron chi connectivity index (χ4n) is 3.05. The van der Waals surface area contributed by atoms with Crippen molar-refractivity contribution >= 4 is 0 Å². The summed E-state index contributed by atoms with van der Waals surface area (Å²) in [5, 5.41) is 0. The third kappa shape index (κ3) is 3.07. The third-order valence-corrected chi connectivity index (χ3v) is 4.30. The SMILES string of the molecule is COc1ccccc1-c1nc(C)c(-c2c(C)cccc2OC)nc1C. The Bertz CT molecular complexity index is 920. The maximum atomic E-state index is 5.54. The van der Waals surface area contributed by atoms with E-state index in [4.69, 9.17) is 19.4 Å². The topological polar surface area (TPSA) is 44.2 Å². The van der Waals surface area contributed by atoms with Crippen molar-refractivity contribution in [2.24, 2.45) is 0 Å². The summed E-state index contributed by atoms with van der Waals surface area (Å²) in [7, 11) is 3.35. The van der Waals surface area contributed by atoms with E-state index in [2.05, 4.69) is 13.0 Å². The van der Waals surface area contributed by atoms with Crippen LogP contribution in [0.25, 0.3) is 22.5 Å². The van der Waals surface area contributed by atoms with Gasteiger partial charge in [0.2, 0.25) is 0 Å². The summed E-state index contributed by atoms with van der Waals surface area (Å²) in [6, 6.07) is 13.9. The summed E-state index contributed by atoms with van der Waals surface area (Å²) in [4.78, 5) is 9.71. The van der Waals surface area contributed by atoms with Crippen molar-refractivity contribution in [1.29, 1.82) is 0 Å². The molecule has 1 heterocycles. The lowest BCUT2D eigenvalue weighted by Gasteiger charge is -2.16. The van der Waals surface area contributed by atoms with Crippen molar-refractivity contribution in [2.75, 3.05) is 14.2 Å². The smallest absolute Gasteiger partial charge is 0.128 e. The number of hydrogen-bond acceptors (Lipinski definition) is 4. The molecular weight excluding hydrogens is 312 g/mol. The third-order valence-electron chi connectivity index (χ3n) is 4.30. The van der Waals surface area contributed by atoms with E-state index in [0.717, 1.165) is 51.0 Å². The Hall–Kier alpha value is -2.88. The van der Waals surface area contributed by atoms with E-state index in [9.17, 15) is 0 Å². The first-order chi connectivity index (χ1) is 12.1. The van der Waals surface area contributed by atoms with E-state index in [1.54, 1.807) is 14.2 Å². The molecule has 0 amide bonds. The maximum absolute atomic E-state index is 5.54. The zero-order valence-corrected chi connectivity index (χ0v) is 15.3. The molecule has 4 heteroatoms. The Balaban J connectivity index is 2.21. The molecule has 0 fully saturated rings. The molecule has 0 aliphatic rings. The summed E-state index contributed by atoms with van der Waals surface area (Å²) >= 11 is 0. The molecular formula is C21H22N2O2.